The Morgan fingerprint density at radius 3 is 2.89 bits per heavy atom. The molecule has 4 heterocycles. The van der Waals surface area contributed by atoms with Crippen molar-refractivity contribution in [3.63, 3.8) is 0 Å². The van der Waals surface area contributed by atoms with Gasteiger partial charge in [0.1, 0.15) is 5.82 Å². The quantitative estimate of drug-likeness (QED) is 0.832. The van der Waals surface area contributed by atoms with E-state index in [4.69, 9.17) is 5.73 Å². The van der Waals surface area contributed by atoms with E-state index in [9.17, 15) is 9.59 Å². The first-order valence-corrected chi connectivity index (χ1v) is 9.81. The van der Waals surface area contributed by atoms with Gasteiger partial charge in [-0.15, -0.1) is 0 Å². The van der Waals surface area contributed by atoms with Gasteiger partial charge < -0.3 is 20.5 Å². The molecule has 2 aliphatic heterocycles. The third-order valence-electron chi connectivity index (χ3n) is 5.94. The van der Waals surface area contributed by atoms with Crippen LogP contribution in [0.5, 0.6) is 0 Å². The van der Waals surface area contributed by atoms with E-state index >= 15 is 0 Å². The molecule has 2 fully saturated rings. The molecule has 0 radical (unpaired) electrons. The van der Waals surface area contributed by atoms with Gasteiger partial charge in [-0.1, -0.05) is 0 Å². The minimum absolute atomic E-state index is 0.00696. The Kier molecular flexibility index (Phi) is 5.02. The maximum atomic E-state index is 12.9. The number of likely N-dealkylation sites (tertiary alicyclic amines) is 2. The molecule has 4 rings (SSSR count). The van der Waals surface area contributed by atoms with Gasteiger partial charge >= 0.3 is 0 Å². The fourth-order valence-corrected chi connectivity index (χ4v) is 4.41. The zero-order valence-corrected chi connectivity index (χ0v) is 15.9. The number of anilines is 1. The molecular weight excluding hydrogens is 356 g/mol. The molecule has 0 aliphatic carbocycles. The van der Waals surface area contributed by atoms with Crippen molar-refractivity contribution in [1.82, 2.24) is 24.8 Å². The summed E-state index contributed by atoms with van der Waals surface area (Å²) >= 11 is 0. The highest BCUT2D eigenvalue weighted by atomic mass is 16.2. The minimum Gasteiger partial charge on any atom is -0.384 e. The van der Waals surface area contributed by atoms with E-state index in [1.807, 2.05) is 9.80 Å². The summed E-state index contributed by atoms with van der Waals surface area (Å²) in [4.78, 5) is 40.4. The van der Waals surface area contributed by atoms with E-state index in [1.165, 1.54) is 0 Å². The lowest BCUT2D eigenvalue weighted by atomic mass is 9.73. The third-order valence-corrected chi connectivity index (χ3v) is 5.94. The number of amides is 2. The van der Waals surface area contributed by atoms with Crippen LogP contribution in [0.4, 0.5) is 5.82 Å². The van der Waals surface area contributed by atoms with Gasteiger partial charge in [-0.2, -0.15) is 0 Å². The number of imidazole rings is 1. The zero-order valence-electron chi connectivity index (χ0n) is 15.9. The van der Waals surface area contributed by atoms with Crippen LogP contribution in [0.3, 0.4) is 0 Å². The summed E-state index contributed by atoms with van der Waals surface area (Å²) in [5.41, 5.74) is 7.21. The molecule has 0 bridgehead atoms. The first-order chi connectivity index (χ1) is 13.5. The average molecular weight is 382 g/mol. The SMILES string of the molecule is Nc1ccc(C(=O)N2CCC[C@]3(CCC(=O)N(CCc4cnc[nH]4)C3)C2)cn1. The van der Waals surface area contributed by atoms with Crippen molar-refractivity contribution in [2.24, 2.45) is 5.41 Å². The number of aromatic amines is 1. The second-order valence-electron chi connectivity index (χ2n) is 7.94. The number of nitrogen functional groups attached to an aromatic ring is 1. The van der Waals surface area contributed by atoms with Crippen LogP contribution in [0, 0.1) is 5.41 Å². The number of rotatable bonds is 4. The summed E-state index contributed by atoms with van der Waals surface area (Å²) in [6.07, 6.45) is 9.16. The molecule has 2 aliphatic rings. The van der Waals surface area contributed by atoms with Crippen LogP contribution in [0.1, 0.15) is 41.7 Å². The Morgan fingerprint density at radius 1 is 1.25 bits per heavy atom. The predicted molar refractivity (Wildman–Crippen MR) is 104 cm³/mol. The molecule has 2 aromatic heterocycles. The molecule has 2 aromatic rings. The number of aromatic nitrogens is 3. The van der Waals surface area contributed by atoms with Crippen LogP contribution in [0.25, 0.3) is 0 Å². The van der Waals surface area contributed by atoms with Gasteiger partial charge in [-0.05, 0) is 31.4 Å². The summed E-state index contributed by atoms with van der Waals surface area (Å²) < 4.78 is 0. The summed E-state index contributed by atoms with van der Waals surface area (Å²) in [5.74, 6) is 0.606. The fraction of sp³-hybridized carbons (Fsp3) is 0.500. The van der Waals surface area contributed by atoms with Gasteiger partial charge in [0.25, 0.3) is 5.91 Å². The van der Waals surface area contributed by atoms with Gasteiger partial charge in [0.15, 0.2) is 0 Å². The highest BCUT2D eigenvalue weighted by Crippen LogP contribution is 2.39. The lowest BCUT2D eigenvalue weighted by Crippen LogP contribution is -2.55. The van der Waals surface area contributed by atoms with E-state index in [0.717, 1.165) is 37.9 Å². The highest BCUT2D eigenvalue weighted by Gasteiger charge is 2.42. The summed E-state index contributed by atoms with van der Waals surface area (Å²) in [7, 11) is 0. The normalized spacial score (nSPS) is 22.6. The molecule has 0 unspecified atom stereocenters. The molecular formula is C20H26N6O2. The summed E-state index contributed by atoms with van der Waals surface area (Å²) in [6.45, 7) is 2.82. The molecule has 0 saturated carbocycles. The van der Waals surface area contributed by atoms with E-state index in [-0.39, 0.29) is 17.2 Å². The maximum absolute atomic E-state index is 12.9. The van der Waals surface area contributed by atoms with Crippen LogP contribution in [0.2, 0.25) is 0 Å². The summed E-state index contributed by atoms with van der Waals surface area (Å²) in [5, 5.41) is 0. The van der Waals surface area contributed by atoms with Crippen molar-refractivity contribution in [2.45, 2.75) is 32.1 Å². The van der Waals surface area contributed by atoms with Crippen LogP contribution in [0.15, 0.2) is 30.9 Å². The number of pyridine rings is 1. The molecule has 3 N–H and O–H groups in total. The Hall–Kier alpha value is -2.90. The topological polar surface area (TPSA) is 108 Å². The van der Waals surface area contributed by atoms with Crippen molar-refractivity contribution >= 4 is 17.6 Å². The molecule has 28 heavy (non-hydrogen) atoms. The van der Waals surface area contributed by atoms with E-state index in [2.05, 4.69) is 15.0 Å². The monoisotopic (exact) mass is 382 g/mol. The number of hydrogen-bond donors (Lipinski definition) is 2. The molecule has 1 spiro atoms. The molecule has 2 amide bonds. The third kappa shape index (κ3) is 3.85. The number of nitrogens with zero attached hydrogens (tertiary/aromatic N) is 4. The number of piperidine rings is 2. The number of hydrogen-bond acceptors (Lipinski definition) is 5. The Balaban J connectivity index is 1.43. The van der Waals surface area contributed by atoms with E-state index in [1.54, 1.807) is 30.9 Å². The van der Waals surface area contributed by atoms with Gasteiger partial charge in [0.05, 0.1) is 11.9 Å². The molecule has 8 heteroatoms. The number of nitrogens with one attached hydrogen (secondary N) is 1. The second-order valence-corrected chi connectivity index (χ2v) is 7.94. The standard InChI is InChI=1S/C20H26N6O2/c21-17-3-2-15(10-23-17)19(28)26-8-1-6-20(13-26)7-4-18(27)25(12-20)9-5-16-11-22-14-24-16/h2-3,10-11,14H,1,4-9,12-13H2,(H2,21,23)(H,22,24)/t20-/m1/s1. The fourth-order valence-electron chi connectivity index (χ4n) is 4.41. The minimum atomic E-state index is -0.0168. The molecule has 0 aromatic carbocycles. The number of nitrogens with two attached hydrogens (primary N) is 1. The van der Waals surface area contributed by atoms with Crippen LogP contribution in [-0.2, 0) is 11.2 Å². The van der Waals surface area contributed by atoms with Crippen molar-refractivity contribution < 1.29 is 9.59 Å². The van der Waals surface area contributed by atoms with Gasteiger partial charge in [0.2, 0.25) is 5.91 Å². The largest absolute Gasteiger partial charge is 0.384 e. The van der Waals surface area contributed by atoms with Crippen molar-refractivity contribution in [1.29, 1.82) is 0 Å². The zero-order chi connectivity index (χ0) is 19.6. The van der Waals surface area contributed by atoms with E-state index < -0.39 is 0 Å². The molecule has 148 valence electrons. The second kappa shape index (κ2) is 7.61. The maximum Gasteiger partial charge on any atom is 0.255 e. The van der Waals surface area contributed by atoms with Crippen molar-refractivity contribution in [2.75, 3.05) is 31.9 Å². The smallest absolute Gasteiger partial charge is 0.255 e. The van der Waals surface area contributed by atoms with Crippen LogP contribution >= 0.6 is 0 Å². The Labute approximate surface area is 164 Å². The first kappa shape index (κ1) is 18.5. The average Bonchev–Trinajstić information content (AvgIpc) is 3.23. The Bertz CT molecular complexity index is 835. The predicted octanol–water partition coefficient (Wildman–Crippen LogP) is 1.47. The number of carbonyl (C=O) groups is 2. The van der Waals surface area contributed by atoms with Gasteiger partial charge in [0, 0.05) is 62.5 Å². The molecule has 8 nitrogen and oxygen atoms in total. The van der Waals surface area contributed by atoms with E-state index in [0.29, 0.717) is 37.4 Å². The lowest BCUT2D eigenvalue weighted by Gasteiger charge is -2.48. The first-order valence-electron chi connectivity index (χ1n) is 9.81. The number of carbonyl (C=O) groups excluding carboxylic acids is 2. The van der Waals surface area contributed by atoms with Crippen molar-refractivity contribution in [3.8, 4) is 0 Å². The highest BCUT2D eigenvalue weighted by molar-refractivity contribution is 5.94. The number of H-pyrrole nitrogens is 1. The lowest BCUT2D eigenvalue weighted by molar-refractivity contribution is -0.138. The van der Waals surface area contributed by atoms with Gasteiger partial charge in [-0.25, -0.2) is 9.97 Å². The summed E-state index contributed by atoms with van der Waals surface area (Å²) in [6, 6.07) is 3.39. The molecule has 2 saturated heterocycles. The Morgan fingerprint density at radius 2 is 2.14 bits per heavy atom. The van der Waals surface area contributed by atoms with Crippen molar-refractivity contribution in [3.05, 3.63) is 42.1 Å². The van der Waals surface area contributed by atoms with Crippen LogP contribution < -0.4 is 5.73 Å². The van der Waals surface area contributed by atoms with Crippen LogP contribution in [-0.4, -0.2) is 62.7 Å². The van der Waals surface area contributed by atoms with Gasteiger partial charge in [-0.3, -0.25) is 9.59 Å². The molecule has 1 atom stereocenters.